The molecule has 3 rings (SSSR count). The Morgan fingerprint density at radius 2 is 2.06 bits per heavy atom. The van der Waals surface area contributed by atoms with Crippen molar-refractivity contribution in [2.45, 2.75) is 19.9 Å². The molecule has 82 valence electrons. The summed E-state index contributed by atoms with van der Waals surface area (Å²) < 4.78 is 1.98. The average Bonchev–Trinajstić information content (AvgIpc) is 2.73. The maximum absolute atomic E-state index is 4.63. The van der Waals surface area contributed by atoms with E-state index in [1.54, 1.807) is 0 Å². The topological polar surface area (TPSA) is 29.9 Å². The summed E-state index contributed by atoms with van der Waals surface area (Å²) in [7, 11) is 0. The molecule has 0 atom stereocenters. The molecule has 0 unspecified atom stereocenters. The van der Waals surface area contributed by atoms with Gasteiger partial charge < -0.3 is 5.32 Å². The molecule has 1 aromatic heterocycles. The second-order valence-electron chi connectivity index (χ2n) is 4.31. The number of aryl methyl sites for hydroxylation is 1. The van der Waals surface area contributed by atoms with Gasteiger partial charge in [-0.2, -0.15) is 5.10 Å². The van der Waals surface area contributed by atoms with E-state index in [9.17, 15) is 0 Å². The molecular formula is C13H15N3. The molecule has 0 amide bonds. The van der Waals surface area contributed by atoms with Crippen LogP contribution >= 0.6 is 0 Å². The summed E-state index contributed by atoms with van der Waals surface area (Å²) in [4.78, 5) is 0. The smallest absolute Gasteiger partial charge is 0.0686 e. The highest BCUT2D eigenvalue weighted by atomic mass is 15.3. The van der Waals surface area contributed by atoms with Gasteiger partial charge in [0.25, 0.3) is 0 Å². The van der Waals surface area contributed by atoms with Crippen molar-refractivity contribution in [2.75, 3.05) is 6.54 Å². The maximum atomic E-state index is 4.63. The van der Waals surface area contributed by atoms with Crippen LogP contribution in [0.2, 0.25) is 0 Å². The van der Waals surface area contributed by atoms with Crippen LogP contribution in [0.5, 0.6) is 0 Å². The summed E-state index contributed by atoms with van der Waals surface area (Å²) in [6, 6.07) is 8.46. The number of nitrogens with one attached hydrogen (secondary N) is 1. The molecule has 3 nitrogen and oxygen atoms in total. The Labute approximate surface area is 95.1 Å². The third-order valence-electron chi connectivity index (χ3n) is 3.03. The minimum Gasteiger partial charge on any atom is -0.312 e. The molecule has 1 N–H and O–H groups in total. The van der Waals surface area contributed by atoms with Gasteiger partial charge in [0.1, 0.15) is 0 Å². The minimum atomic E-state index is 0.946. The van der Waals surface area contributed by atoms with Crippen LogP contribution in [-0.2, 0) is 13.0 Å². The van der Waals surface area contributed by atoms with E-state index in [4.69, 9.17) is 0 Å². The summed E-state index contributed by atoms with van der Waals surface area (Å²) in [5.41, 5.74) is 4.98. The van der Waals surface area contributed by atoms with Gasteiger partial charge in [0.15, 0.2) is 0 Å². The monoisotopic (exact) mass is 213 g/mol. The number of nitrogens with zero attached hydrogens (tertiary/aromatic N) is 2. The fourth-order valence-electron chi connectivity index (χ4n) is 2.06. The van der Waals surface area contributed by atoms with Gasteiger partial charge in [-0.3, -0.25) is 0 Å². The zero-order valence-electron chi connectivity index (χ0n) is 9.40. The van der Waals surface area contributed by atoms with Gasteiger partial charge in [0.05, 0.1) is 11.4 Å². The summed E-state index contributed by atoms with van der Waals surface area (Å²) >= 11 is 0. The van der Waals surface area contributed by atoms with Gasteiger partial charge >= 0.3 is 0 Å². The molecule has 1 aliphatic heterocycles. The van der Waals surface area contributed by atoms with Crippen molar-refractivity contribution >= 4 is 0 Å². The summed E-state index contributed by atoms with van der Waals surface area (Å²) in [6.45, 7) is 4.08. The molecule has 0 saturated heterocycles. The third kappa shape index (κ3) is 1.63. The van der Waals surface area contributed by atoms with Crippen LogP contribution in [0, 0.1) is 6.92 Å². The van der Waals surface area contributed by atoms with Crippen molar-refractivity contribution in [3.05, 3.63) is 47.3 Å². The summed E-state index contributed by atoms with van der Waals surface area (Å²) in [6.07, 6.45) is 3.17. The fourth-order valence-corrected chi connectivity index (χ4v) is 2.06. The molecule has 0 saturated carbocycles. The van der Waals surface area contributed by atoms with Crippen LogP contribution < -0.4 is 5.32 Å². The number of fused-ring (bicyclic) bond motifs is 1. The normalized spacial score (nSPS) is 14.8. The minimum absolute atomic E-state index is 0.946. The van der Waals surface area contributed by atoms with E-state index in [2.05, 4.69) is 47.8 Å². The first-order chi connectivity index (χ1) is 7.83. The number of benzene rings is 1. The lowest BCUT2D eigenvalue weighted by Gasteiger charge is -2.09. The third-order valence-corrected chi connectivity index (χ3v) is 3.03. The number of hydrogen-bond donors (Lipinski definition) is 1. The average molecular weight is 213 g/mol. The summed E-state index contributed by atoms with van der Waals surface area (Å²) in [5, 5.41) is 7.99. The lowest BCUT2D eigenvalue weighted by molar-refractivity contribution is 0.635. The molecule has 3 heteroatoms. The number of rotatable bonds is 1. The summed E-state index contributed by atoms with van der Waals surface area (Å²) in [5.74, 6) is 0. The van der Waals surface area contributed by atoms with E-state index in [-0.39, 0.29) is 0 Å². The second kappa shape index (κ2) is 3.76. The first-order valence-electron chi connectivity index (χ1n) is 5.68. The molecule has 16 heavy (non-hydrogen) atoms. The van der Waals surface area contributed by atoms with Crippen LogP contribution in [0.1, 0.15) is 16.8 Å². The van der Waals surface area contributed by atoms with Gasteiger partial charge in [-0.15, -0.1) is 0 Å². The maximum Gasteiger partial charge on any atom is 0.0686 e. The van der Waals surface area contributed by atoms with Crippen molar-refractivity contribution in [3.63, 3.8) is 0 Å². The molecule has 0 fully saturated rings. The highest BCUT2D eigenvalue weighted by Gasteiger charge is 2.13. The van der Waals surface area contributed by atoms with Gasteiger partial charge in [-0.05, 0) is 19.1 Å². The van der Waals surface area contributed by atoms with E-state index in [1.165, 1.54) is 16.8 Å². The standard InChI is InChI=1S/C13H15N3/c1-10-2-4-12(5-3-10)16-9-11-8-14-7-6-13(11)15-16/h2-5,9,14H,6-8H2,1H3. The van der Waals surface area contributed by atoms with Crippen molar-refractivity contribution in [1.29, 1.82) is 0 Å². The Morgan fingerprint density at radius 1 is 1.25 bits per heavy atom. The van der Waals surface area contributed by atoms with Crippen LogP contribution in [0.3, 0.4) is 0 Å². The molecule has 0 aliphatic carbocycles. The largest absolute Gasteiger partial charge is 0.312 e. The highest BCUT2D eigenvalue weighted by Crippen LogP contribution is 2.15. The highest BCUT2D eigenvalue weighted by molar-refractivity contribution is 5.35. The first-order valence-corrected chi connectivity index (χ1v) is 5.68. The Hall–Kier alpha value is -1.61. The molecule has 2 heterocycles. The molecular weight excluding hydrogens is 198 g/mol. The van der Waals surface area contributed by atoms with E-state index < -0.39 is 0 Å². The van der Waals surface area contributed by atoms with Crippen molar-refractivity contribution < 1.29 is 0 Å². The van der Waals surface area contributed by atoms with Crippen LogP contribution in [-0.4, -0.2) is 16.3 Å². The predicted molar refractivity (Wildman–Crippen MR) is 63.7 cm³/mol. The predicted octanol–water partition coefficient (Wildman–Crippen LogP) is 1.83. The van der Waals surface area contributed by atoms with Crippen LogP contribution in [0.15, 0.2) is 30.5 Å². The Kier molecular flexibility index (Phi) is 2.26. The van der Waals surface area contributed by atoms with Crippen molar-refractivity contribution in [2.24, 2.45) is 0 Å². The van der Waals surface area contributed by atoms with Gasteiger partial charge in [-0.25, -0.2) is 4.68 Å². The van der Waals surface area contributed by atoms with E-state index >= 15 is 0 Å². The van der Waals surface area contributed by atoms with Gasteiger partial charge in [0.2, 0.25) is 0 Å². The van der Waals surface area contributed by atoms with Crippen molar-refractivity contribution in [1.82, 2.24) is 15.1 Å². The van der Waals surface area contributed by atoms with E-state index in [0.29, 0.717) is 0 Å². The molecule has 2 aromatic rings. The molecule has 1 aromatic carbocycles. The quantitative estimate of drug-likeness (QED) is 0.783. The zero-order chi connectivity index (χ0) is 11.0. The van der Waals surface area contributed by atoms with Gasteiger partial charge in [0, 0.05) is 31.3 Å². The number of aromatic nitrogens is 2. The molecule has 1 aliphatic rings. The second-order valence-corrected chi connectivity index (χ2v) is 4.31. The molecule has 0 bridgehead atoms. The SMILES string of the molecule is Cc1ccc(-n2cc3c(n2)CCNC3)cc1. The van der Waals surface area contributed by atoms with E-state index in [1.807, 2.05) is 4.68 Å². The Bertz CT molecular complexity index is 473. The van der Waals surface area contributed by atoms with E-state index in [0.717, 1.165) is 25.2 Å². The lowest BCUT2D eigenvalue weighted by Crippen LogP contribution is -2.22. The molecule has 0 spiro atoms. The number of hydrogen-bond acceptors (Lipinski definition) is 2. The zero-order valence-corrected chi connectivity index (χ0v) is 9.40. The fraction of sp³-hybridized carbons (Fsp3) is 0.308. The van der Waals surface area contributed by atoms with Gasteiger partial charge in [-0.1, -0.05) is 17.7 Å². The molecule has 0 radical (unpaired) electrons. The van der Waals surface area contributed by atoms with Crippen LogP contribution in [0.25, 0.3) is 5.69 Å². The Morgan fingerprint density at radius 3 is 2.81 bits per heavy atom. The first kappa shape index (κ1) is 9.60. The van der Waals surface area contributed by atoms with Crippen molar-refractivity contribution in [3.8, 4) is 5.69 Å². The lowest BCUT2D eigenvalue weighted by atomic mass is 10.1. The Balaban J connectivity index is 2.00. The van der Waals surface area contributed by atoms with Crippen LogP contribution in [0.4, 0.5) is 0 Å².